The van der Waals surface area contributed by atoms with Crippen LogP contribution in [-0.4, -0.2) is 30.2 Å². The molecule has 0 bridgehead atoms. The Balaban J connectivity index is 2.30. The van der Waals surface area contributed by atoms with Crippen LogP contribution in [0.3, 0.4) is 0 Å². The summed E-state index contributed by atoms with van der Waals surface area (Å²) in [6.45, 7) is 3.83. The van der Waals surface area contributed by atoms with Crippen molar-refractivity contribution in [2.75, 3.05) is 13.2 Å². The predicted octanol–water partition coefficient (Wildman–Crippen LogP) is 2.81. The van der Waals surface area contributed by atoms with Gasteiger partial charge in [0.25, 0.3) is 5.91 Å². The standard InChI is InChI=1S/C17H15IN2O4S/c1-4-6-24-15-12(18)7-11(8-13(15)23-5-2)9-14-16(22)20-17(25-14)19-10(3)21/h1,7-9H,5-6H2,2-3H3,(H,19,20,21,22)/b14-9-. The van der Waals surface area contributed by atoms with E-state index in [1.807, 2.05) is 13.0 Å². The lowest BCUT2D eigenvalue weighted by Gasteiger charge is -2.13. The van der Waals surface area contributed by atoms with E-state index in [4.69, 9.17) is 15.9 Å². The number of rotatable bonds is 5. The molecule has 1 aliphatic rings. The molecule has 0 spiro atoms. The number of terminal acetylenes is 1. The van der Waals surface area contributed by atoms with Gasteiger partial charge >= 0.3 is 0 Å². The van der Waals surface area contributed by atoms with Crippen LogP contribution < -0.4 is 14.8 Å². The Morgan fingerprint density at radius 2 is 2.24 bits per heavy atom. The molecule has 6 nitrogen and oxygen atoms in total. The van der Waals surface area contributed by atoms with Gasteiger partial charge in [0, 0.05) is 6.92 Å². The molecule has 0 atom stereocenters. The molecule has 130 valence electrons. The molecule has 1 heterocycles. The van der Waals surface area contributed by atoms with Crippen LogP contribution in [0.4, 0.5) is 0 Å². The van der Waals surface area contributed by atoms with Crippen molar-refractivity contribution >= 4 is 57.4 Å². The normalized spacial score (nSPS) is 14.9. The molecule has 0 saturated carbocycles. The van der Waals surface area contributed by atoms with Crippen molar-refractivity contribution in [2.24, 2.45) is 4.99 Å². The van der Waals surface area contributed by atoms with Crippen LogP contribution >= 0.6 is 34.4 Å². The van der Waals surface area contributed by atoms with E-state index in [1.165, 1.54) is 6.92 Å². The Bertz CT molecular complexity index is 812. The first kappa shape index (κ1) is 19.3. The van der Waals surface area contributed by atoms with Crippen LogP contribution in [0.2, 0.25) is 0 Å². The van der Waals surface area contributed by atoms with Crippen LogP contribution in [-0.2, 0) is 9.59 Å². The summed E-state index contributed by atoms with van der Waals surface area (Å²) >= 11 is 3.24. The average Bonchev–Trinajstić information content (AvgIpc) is 2.85. The number of benzene rings is 1. The Labute approximate surface area is 163 Å². The number of halogens is 1. The molecule has 0 radical (unpaired) electrons. The van der Waals surface area contributed by atoms with Gasteiger partial charge in [-0.25, -0.2) is 0 Å². The van der Waals surface area contributed by atoms with Crippen molar-refractivity contribution in [3.63, 3.8) is 0 Å². The molecule has 25 heavy (non-hydrogen) atoms. The zero-order valence-electron chi connectivity index (χ0n) is 13.6. The summed E-state index contributed by atoms with van der Waals surface area (Å²) in [4.78, 5) is 27.3. The third-order valence-corrected chi connectivity index (χ3v) is 4.53. The Kier molecular flexibility index (Phi) is 6.90. The van der Waals surface area contributed by atoms with E-state index < -0.39 is 5.91 Å². The van der Waals surface area contributed by atoms with Crippen molar-refractivity contribution in [1.82, 2.24) is 5.32 Å². The van der Waals surface area contributed by atoms with Crippen molar-refractivity contribution in [2.45, 2.75) is 13.8 Å². The number of amides is 2. The first-order valence-electron chi connectivity index (χ1n) is 7.27. The maximum Gasteiger partial charge on any atom is 0.286 e. The van der Waals surface area contributed by atoms with Gasteiger partial charge in [0.2, 0.25) is 5.91 Å². The zero-order valence-corrected chi connectivity index (χ0v) is 16.6. The SMILES string of the molecule is C#CCOc1c(I)cc(/C=C2\SC(NC(C)=O)=NC2=O)cc1OCC. The third kappa shape index (κ3) is 5.24. The van der Waals surface area contributed by atoms with Gasteiger partial charge in [0.05, 0.1) is 15.1 Å². The summed E-state index contributed by atoms with van der Waals surface area (Å²) in [6.07, 6.45) is 6.94. The number of nitrogens with zero attached hydrogens (tertiary/aromatic N) is 1. The Morgan fingerprint density at radius 1 is 1.48 bits per heavy atom. The number of carbonyl (C=O) groups excluding carboxylic acids is 2. The molecule has 1 aromatic carbocycles. The highest BCUT2D eigenvalue weighted by atomic mass is 127. The smallest absolute Gasteiger partial charge is 0.286 e. The fraction of sp³-hybridized carbons (Fsp3) is 0.235. The fourth-order valence-electron chi connectivity index (χ4n) is 1.95. The highest BCUT2D eigenvalue weighted by molar-refractivity contribution is 14.1. The summed E-state index contributed by atoms with van der Waals surface area (Å²) in [5.74, 6) is 2.88. The van der Waals surface area contributed by atoms with E-state index in [0.717, 1.165) is 20.9 Å². The first-order chi connectivity index (χ1) is 11.9. The molecule has 8 heteroatoms. The predicted molar refractivity (Wildman–Crippen MR) is 106 cm³/mol. The lowest BCUT2D eigenvalue weighted by Crippen LogP contribution is -2.23. The second-order valence-corrected chi connectivity index (χ2v) is 6.96. The summed E-state index contributed by atoms with van der Waals surface area (Å²) in [6, 6.07) is 3.63. The van der Waals surface area contributed by atoms with Crippen molar-refractivity contribution in [1.29, 1.82) is 0 Å². The number of hydrogen-bond donors (Lipinski definition) is 1. The Hall–Kier alpha value is -1.99. The topological polar surface area (TPSA) is 77.0 Å². The molecule has 0 unspecified atom stereocenters. The zero-order chi connectivity index (χ0) is 18.4. The molecule has 0 aliphatic carbocycles. The van der Waals surface area contributed by atoms with E-state index in [2.05, 4.69) is 38.8 Å². The lowest BCUT2D eigenvalue weighted by molar-refractivity contribution is -0.117. The lowest BCUT2D eigenvalue weighted by atomic mass is 10.2. The maximum absolute atomic E-state index is 12.0. The van der Waals surface area contributed by atoms with Gasteiger partial charge in [-0.15, -0.1) is 6.42 Å². The van der Waals surface area contributed by atoms with Gasteiger partial charge in [0.15, 0.2) is 16.7 Å². The molecule has 1 aliphatic heterocycles. The van der Waals surface area contributed by atoms with Crippen LogP contribution in [0.15, 0.2) is 22.0 Å². The molecule has 2 amide bonds. The fourth-order valence-corrected chi connectivity index (χ4v) is 3.59. The van der Waals surface area contributed by atoms with E-state index in [0.29, 0.717) is 23.0 Å². The van der Waals surface area contributed by atoms with E-state index in [-0.39, 0.29) is 17.7 Å². The minimum absolute atomic E-state index is 0.138. The molecule has 0 saturated heterocycles. The van der Waals surface area contributed by atoms with Crippen LogP contribution in [0.1, 0.15) is 19.4 Å². The maximum atomic E-state index is 12.0. The highest BCUT2D eigenvalue weighted by Crippen LogP contribution is 2.36. The number of carbonyl (C=O) groups is 2. The number of nitrogens with one attached hydrogen (secondary N) is 1. The highest BCUT2D eigenvalue weighted by Gasteiger charge is 2.23. The van der Waals surface area contributed by atoms with Crippen molar-refractivity contribution in [3.05, 3.63) is 26.2 Å². The van der Waals surface area contributed by atoms with E-state index in [1.54, 1.807) is 12.1 Å². The minimum atomic E-state index is -0.394. The van der Waals surface area contributed by atoms with Gasteiger partial charge in [-0.2, -0.15) is 4.99 Å². The van der Waals surface area contributed by atoms with Gasteiger partial charge < -0.3 is 14.8 Å². The molecule has 1 aromatic rings. The number of amidine groups is 1. The van der Waals surface area contributed by atoms with Crippen LogP contribution in [0.5, 0.6) is 11.5 Å². The summed E-state index contributed by atoms with van der Waals surface area (Å²) in [5.41, 5.74) is 0.760. The molecule has 2 rings (SSSR count). The van der Waals surface area contributed by atoms with E-state index >= 15 is 0 Å². The first-order valence-corrected chi connectivity index (χ1v) is 9.16. The second-order valence-electron chi connectivity index (χ2n) is 4.77. The van der Waals surface area contributed by atoms with Crippen LogP contribution in [0, 0.1) is 15.9 Å². The Morgan fingerprint density at radius 3 is 2.88 bits per heavy atom. The third-order valence-electron chi connectivity index (χ3n) is 2.83. The minimum Gasteiger partial charge on any atom is -0.490 e. The largest absolute Gasteiger partial charge is 0.490 e. The van der Waals surface area contributed by atoms with Crippen molar-refractivity contribution in [3.8, 4) is 23.8 Å². The molecule has 0 fully saturated rings. The number of hydrogen-bond acceptors (Lipinski definition) is 5. The van der Waals surface area contributed by atoms with E-state index in [9.17, 15) is 9.59 Å². The number of ether oxygens (including phenoxy) is 2. The molecular weight excluding hydrogens is 455 g/mol. The van der Waals surface area contributed by atoms with Gasteiger partial charge in [-0.1, -0.05) is 5.92 Å². The molecule has 1 N–H and O–H groups in total. The van der Waals surface area contributed by atoms with Gasteiger partial charge in [-0.05, 0) is 65.0 Å². The second kappa shape index (κ2) is 8.92. The number of thioether (sulfide) groups is 1. The van der Waals surface area contributed by atoms with Crippen LogP contribution in [0.25, 0.3) is 6.08 Å². The van der Waals surface area contributed by atoms with Crippen molar-refractivity contribution < 1.29 is 19.1 Å². The average molecular weight is 470 g/mol. The van der Waals surface area contributed by atoms with Gasteiger partial charge in [0.1, 0.15) is 6.61 Å². The summed E-state index contributed by atoms with van der Waals surface area (Å²) in [7, 11) is 0. The molecule has 0 aromatic heterocycles. The number of aliphatic imine (C=N–C) groups is 1. The molecular formula is C17H15IN2O4S. The summed E-state index contributed by atoms with van der Waals surface area (Å²) in [5, 5.41) is 2.79. The quantitative estimate of drug-likeness (QED) is 0.407. The summed E-state index contributed by atoms with van der Waals surface area (Å²) < 4.78 is 12.0. The van der Waals surface area contributed by atoms with Gasteiger partial charge in [-0.3, -0.25) is 9.59 Å². The monoisotopic (exact) mass is 470 g/mol.